The van der Waals surface area contributed by atoms with Crippen LogP contribution in [0.3, 0.4) is 0 Å². The minimum absolute atomic E-state index is 0.244. The highest BCUT2D eigenvalue weighted by molar-refractivity contribution is 5.55. The Morgan fingerprint density at radius 1 is 1.47 bits per heavy atom. The van der Waals surface area contributed by atoms with Gasteiger partial charge in [-0.25, -0.2) is 0 Å². The first-order chi connectivity index (χ1) is 9.11. The van der Waals surface area contributed by atoms with Gasteiger partial charge < -0.3 is 15.4 Å². The Balaban J connectivity index is 2.22. The summed E-state index contributed by atoms with van der Waals surface area (Å²) < 4.78 is 5.50. The van der Waals surface area contributed by atoms with Gasteiger partial charge >= 0.3 is 0 Å². The van der Waals surface area contributed by atoms with Gasteiger partial charge in [-0.05, 0) is 37.8 Å². The minimum atomic E-state index is 0.244. The summed E-state index contributed by atoms with van der Waals surface area (Å²) in [4.78, 5) is 2.37. The van der Waals surface area contributed by atoms with Crippen molar-refractivity contribution in [2.45, 2.75) is 45.2 Å². The molecular weight excluding hydrogens is 236 g/mol. The molecule has 1 heterocycles. The van der Waals surface area contributed by atoms with Crippen molar-refractivity contribution < 1.29 is 4.74 Å². The van der Waals surface area contributed by atoms with E-state index >= 15 is 0 Å². The molecule has 0 aromatic heterocycles. The van der Waals surface area contributed by atoms with E-state index in [1.807, 2.05) is 0 Å². The number of ether oxygens (including phenoxy) is 1. The second kappa shape index (κ2) is 6.40. The van der Waals surface area contributed by atoms with Crippen LogP contribution in [0.4, 0.5) is 5.69 Å². The van der Waals surface area contributed by atoms with Crippen LogP contribution < -0.4 is 10.6 Å². The van der Waals surface area contributed by atoms with Crippen LogP contribution in [0.15, 0.2) is 18.2 Å². The van der Waals surface area contributed by atoms with Crippen LogP contribution in [-0.2, 0) is 11.2 Å². The molecule has 0 spiro atoms. The van der Waals surface area contributed by atoms with Gasteiger partial charge in [0.1, 0.15) is 0 Å². The van der Waals surface area contributed by atoms with Gasteiger partial charge in [0.15, 0.2) is 0 Å². The SMILES string of the molecule is CCC(N)Cc1cc(C)ccc1N(C)C1CCOC1. The first-order valence-electron chi connectivity index (χ1n) is 7.27. The maximum absolute atomic E-state index is 6.13. The number of aryl methyl sites for hydroxylation is 1. The van der Waals surface area contributed by atoms with Crippen molar-refractivity contribution in [3.05, 3.63) is 29.3 Å². The topological polar surface area (TPSA) is 38.5 Å². The summed E-state index contributed by atoms with van der Waals surface area (Å²) in [7, 11) is 2.17. The molecule has 2 unspecified atom stereocenters. The van der Waals surface area contributed by atoms with E-state index < -0.39 is 0 Å². The molecule has 2 atom stereocenters. The average Bonchev–Trinajstić information content (AvgIpc) is 2.92. The fourth-order valence-electron chi connectivity index (χ4n) is 2.67. The van der Waals surface area contributed by atoms with Crippen molar-refractivity contribution >= 4 is 5.69 Å². The summed E-state index contributed by atoms with van der Waals surface area (Å²) in [6.45, 7) is 6.01. The van der Waals surface area contributed by atoms with Crippen LogP contribution in [0.25, 0.3) is 0 Å². The van der Waals surface area contributed by atoms with E-state index in [0.29, 0.717) is 6.04 Å². The molecule has 3 nitrogen and oxygen atoms in total. The van der Waals surface area contributed by atoms with Crippen molar-refractivity contribution in [1.82, 2.24) is 0 Å². The van der Waals surface area contributed by atoms with Crippen molar-refractivity contribution in [1.29, 1.82) is 0 Å². The summed E-state index contributed by atoms with van der Waals surface area (Å²) >= 11 is 0. The lowest BCUT2D eigenvalue weighted by atomic mass is 9.99. The normalized spacial score (nSPS) is 20.5. The van der Waals surface area contributed by atoms with E-state index in [2.05, 4.69) is 44.0 Å². The van der Waals surface area contributed by atoms with Crippen molar-refractivity contribution in [3.8, 4) is 0 Å². The molecule has 0 bridgehead atoms. The number of hydrogen-bond acceptors (Lipinski definition) is 3. The van der Waals surface area contributed by atoms with Crippen LogP contribution in [-0.4, -0.2) is 32.3 Å². The minimum Gasteiger partial charge on any atom is -0.379 e. The molecule has 1 aromatic rings. The van der Waals surface area contributed by atoms with E-state index in [1.54, 1.807) is 0 Å². The van der Waals surface area contributed by atoms with Gasteiger partial charge in [0.25, 0.3) is 0 Å². The second-order valence-corrected chi connectivity index (χ2v) is 5.63. The Bertz CT molecular complexity index is 413. The van der Waals surface area contributed by atoms with Gasteiger partial charge in [-0.15, -0.1) is 0 Å². The smallest absolute Gasteiger partial charge is 0.0670 e. The summed E-state index contributed by atoms with van der Waals surface area (Å²) in [5.74, 6) is 0. The number of anilines is 1. The monoisotopic (exact) mass is 262 g/mol. The lowest BCUT2D eigenvalue weighted by Gasteiger charge is -2.28. The molecule has 0 aliphatic carbocycles. The van der Waals surface area contributed by atoms with E-state index in [9.17, 15) is 0 Å². The third-order valence-corrected chi connectivity index (χ3v) is 4.07. The van der Waals surface area contributed by atoms with Gasteiger partial charge in [0.05, 0.1) is 12.6 Å². The summed E-state index contributed by atoms with van der Waals surface area (Å²) in [5, 5.41) is 0. The highest BCUT2D eigenvalue weighted by Gasteiger charge is 2.22. The number of hydrogen-bond donors (Lipinski definition) is 1. The fraction of sp³-hybridized carbons (Fsp3) is 0.625. The zero-order valence-electron chi connectivity index (χ0n) is 12.4. The van der Waals surface area contributed by atoms with E-state index in [4.69, 9.17) is 10.5 Å². The molecule has 2 N–H and O–H groups in total. The fourth-order valence-corrected chi connectivity index (χ4v) is 2.67. The average molecular weight is 262 g/mol. The third kappa shape index (κ3) is 3.48. The maximum Gasteiger partial charge on any atom is 0.0670 e. The quantitative estimate of drug-likeness (QED) is 0.886. The molecule has 1 aliphatic heterocycles. The van der Waals surface area contributed by atoms with Gasteiger partial charge in [-0.2, -0.15) is 0 Å². The molecule has 19 heavy (non-hydrogen) atoms. The number of nitrogens with zero attached hydrogens (tertiary/aromatic N) is 1. The standard InChI is InChI=1S/C16H26N2O/c1-4-14(17)10-13-9-12(2)5-6-16(13)18(3)15-7-8-19-11-15/h5-6,9,14-15H,4,7-8,10-11,17H2,1-3H3. The predicted molar refractivity (Wildman–Crippen MR) is 80.8 cm³/mol. The number of likely N-dealkylation sites (N-methyl/N-ethyl adjacent to an activating group) is 1. The Morgan fingerprint density at radius 2 is 2.26 bits per heavy atom. The zero-order valence-corrected chi connectivity index (χ0v) is 12.4. The molecule has 3 heteroatoms. The summed E-state index contributed by atoms with van der Waals surface area (Å²) in [6, 6.07) is 7.43. The lowest BCUT2D eigenvalue weighted by Crippen LogP contribution is -2.33. The number of benzene rings is 1. The molecule has 1 aromatic carbocycles. The molecule has 0 saturated carbocycles. The molecule has 0 amide bonds. The molecule has 1 fully saturated rings. The first kappa shape index (κ1) is 14.4. The molecule has 1 saturated heterocycles. The van der Waals surface area contributed by atoms with Crippen LogP contribution in [0.2, 0.25) is 0 Å². The van der Waals surface area contributed by atoms with Crippen molar-refractivity contribution in [2.75, 3.05) is 25.2 Å². The van der Waals surface area contributed by atoms with E-state index in [-0.39, 0.29) is 6.04 Å². The maximum atomic E-state index is 6.13. The highest BCUT2D eigenvalue weighted by atomic mass is 16.5. The van der Waals surface area contributed by atoms with Gasteiger partial charge in [-0.3, -0.25) is 0 Å². The second-order valence-electron chi connectivity index (χ2n) is 5.63. The molecule has 1 aliphatic rings. The Hall–Kier alpha value is -1.06. The van der Waals surface area contributed by atoms with E-state index in [1.165, 1.54) is 16.8 Å². The van der Waals surface area contributed by atoms with Crippen LogP contribution >= 0.6 is 0 Å². The van der Waals surface area contributed by atoms with Gasteiger partial charge in [0.2, 0.25) is 0 Å². The van der Waals surface area contributed by atoms with Crippen LogP contribution in [0.1, 0.15) is 30.9 Å². The molecule has 0 radical (unpaired) electrons. The lowest BCUT2D eigenvalue weighted by molar-refractivity contribution is 0.193. The van der Waals surface area contributed by atoms with E-state index in [0.717, 1.165) is 32.5 Å². The van der Waals surface area contributed by atoms with Gasteiger partial charge in [0, 0.05) is 25.4 Å². The van der Waals surface area contributed by atoms with Crippen molar-refractivity contribution in [2.24, 2.45) is 5.73 Å². The highest BCUT2D eigenvalue weighted by Crippen LogP contribution is 2.26. The molecular formula is C16H26N2O. The predicted octanol–water partition coefficient (Wildman–Crippen LogP) is 2.50. The van der Waals surface area contributed by atoms with Gasteiger partial charge in [-0.1, -0.05) is 24.6 Å². The van der Waals surface area contributed by atoms with Crippen LogP contribution in [0, 0.1) is 6.92 Å². The van der Waals surface area contributed by atoms with Crippen molar-refractivity contribution in [3.63, 3.8) is 0 Å². The Morgan fingerprint density at radius 3 is 2.89 bits per heavy atom. The number of nitrogens with two attached hydrogens (primary N) is 1. The summed E-state index contributed by atoms with van der Waals surface area (Å²) in [6.07, 6.45) is 3.08. The molecule has 106 valence electrons. The first-order valence-corrected chi connectivity index (χ1v) is 7.27. The number of rotatable bonds is 5. The third-order valence-electron chi connectivity index (χ3n) is 4.07. The molecule has 2 rings (SSSR count). The van der Waals surface area contributed by atoms with Crippen LogP contribution in [0.5, 0.6) is 0 Å². The zero-order chi connectivity index (χ0) is 13.8. The summed E-state index contributed by atoms with van der Waals surface area (Å²) in [5.41, 5.74) is 10.1. The Kier molecular flexibility index (Phi) is 4.83. The Labute approximate surface area is 116 Å². The largest absolute Gasteiger partial charge is 0.379 e.